The van der Waals surface area contributed by atoms with E-state index >= 15 is 0 Å². The van der Waals surface area contributed by atoms with E-state index in [1.165, 1.54) is 6.07 Å². The van der Waals surface area contributed by atoms with Crippen LogP contribution in [0.25, 0.3) is 0 Å². The molecule has 0 aliphatic heterocycles. The van der Waals surface area contributed by atoms with Crippen LogP contribution in [0.15, 0.2) is 72.8 Å². The lowest BCUT2D eigenvalue weighted by Gasteiger charge is -2.32. The summed E-state index contributed by atoms with van der Waals surface area (Å²) in [5.74, 6) is -0.807. The predicted octanol–water partition coefficient (Wildman–Crippen LogP) is 5.54. The Morgan fingerprint density at radius 2 is 1.57 bits per heavy atom. The van der Waals surface area contributed by atoms with Gasteiger partial charge in [0.05, 0.1) is 6.42 Å². The molecule has 0 saturated heterocycles. The summed E-state index contributed by atoms with van der Waals surface area (Å²) in [5.41, 5.74) is 4.37. The summed E-state index contributed by atoms with van der Waals surface area (Å²) < 4.78 is 14.6. The van der Waals surface area contributed by atoms with Crippen LogP contribution in [-0.2, 0) is 29.0 Å². The summed E-state index contributed by atoms with van der Waals surface area (Å²) in [4.78, 5) is 28.7. The average Bonchev–Trinajstić information content (AvgIpc) is 2.82. The van der Waals surface area contributed by atoms with Gasteiger partial charge in [0.15, 0.2) is 0 Å². The number of hydrogen-bond donors (Lipinski definition) is 1. The molecule has 0 heterocycles. The normalized spacial score (nSPS) is 11.7. The Morgan fingerprint density at radius 1 is 0.914 bits per heavy atom. The number of nitrogens with one attached hydrogen (secondary N) is 1. The van der Waals surface area contributed by atoms with E-state index in [0.29, 0.717) is 18.5 Å². The maximum absolute atomic E-state index is 14.6. The molecule has 5 heteroatoms. The molecule has 0 unspecified atom stereocenters. The molecule has 0 fully saturated rings. The quantitative estimate of drug-likeness (QED) is 0.371. The number of nitrogens with zero attached hydrogens (tertiary/aromatic N) is 1. The second-order valence-corrected chi connectivity index (χ2v) is 9.14. The van der Waals surface area contributed by atoms with E-state index in [0.717, 1.165) is 35.1 Å². The van der Waals surface area contributed by atoms with Gasteiger partial charge in [-0.25, -0.2) is 4.39 Å². The number of amides is 2. The number of unbranched alkanes of at least 4 members (excludes halogenated alkanes) is 1. The van der Waals surface area contributed by atoms with Crippen LogP contribution in [0.1, 0.15) is 47.6 Å². The Hall–Kier alpha value is -3.47. The van der Waals surface area contributed by atoms with Crippen molar-refractivity contribution < 1.29 is 14.0 Å². The van der Waals surface area contributed by atoms with E-state index in [-0.39, 0.29) is 30.6 Å². The zero-order valence-corrected chi connectivity index (χ0v) is 20.9. The minimum Gasteiger partial charge on any atom is -0.354 e. The Labute approximate surface area is 208 Å². The highest BCUT2D eigenvalue weighted by atomic mass is 19.1. The monoisotopic (exact) mass is 474 g/mol. The van der Waals surface area contributed by atoms with Crippen molar-refractivity contribution in [1.82, 2.24) is 10.2 Å². The van der Waals surface area contributed by atoms with Gasteiger partial charge in [0.1, 0.15) is 11.9 Å². The van der Waals surface area contributed by atoms with Gasteiger partial charge in [0, 0.05) is 25.1 Å². The minimum atomic E-state index is -0.757. The van der Waals surface area contributed by atoms with Crippen LogP contribution in [0, 0.1) is 19.7 Å². The van der Waals surface area contributed by atoms with Crippen LogP contribution in [0.2, 0.25) is 0 Å². The molecule has 0 aliphatic carbocycles. The van der Waals surface area contributed by atoms with Crippen molar-refractivity contribution in [2.75, 3.05) is 6.54 Å². The summed E-state index contributed by atoms with van der Waals surface area (Å²) in [6.45, 7) is 6.62. The van der Waals surface area contributed by atoms with Gasteiger partial charge in [-0.2, -0.15) is 0 Å². The number of benzene rings is 3. The average molecular weight is 475 g/mol. The zero-order chi connectivity index (χ0) is 25.2. The summed E-state index contributed by atoms with van der Waals surface area (Å²) in [7, 11) is 0. The van der Waals surface area contributed by atoms with Crippen molar-refractivity contribution in [2.45, 2.75) is 59.0 Å². The molecule has 0 spiro atoms. The van der Waals surface area contributed by atoms with Crippen molar-refractivity contribution in [3.05, 3.63) is 106 Å². The number of carbonyl (C=O) groups excluding carboxylic acids is 2. The molecule has 4 nitrogen and oxygen atoms in total. The minimum absolute atomic E-state index is 0.0228. The van der Waals surface area contributed by atoms with Crippen molar-refractivity contribution >= 4 is 11.8 Å². The zero-order valence-electron chi connectivity index (χ0n) is 20.9. The lowest BCUT2D eigenvalue weighted by molar-refractivity contribution is -0.140. The third kappa shape index (κ3) is 7.78. The molecule has 1 N–H and O–H groups in total. The molecule has 0 aliphatic rings. The van der Waals surface area contributed by atoms with Gasteiger partial charge < -0.3 is 10.2 Å². The summed E-state index contributed by atoms with van der Waals surface area (Å²) in [6.07, 6.45) is 2.30. The van der Waals surface area contributed by atoms with Crippen molar-refractivity contribution in [3.8, 4) is 0 Å². The van der Waals surface area contributed by atoms with Crippen LogP contribution < -0.4 is 5.32 Å². The SMILES string of the molecule is CCCCNC(=O)[C@H](Cc1ccccc1)N(Cc1ccccc1F)C(=O)Cc1cc(C)cc(C)c1. The highest BCUT2D eigenvalue weighted by molar-refractivity contribution is 5.88. The first-order valence-electron chi connectivity index (χ1n) is 12.3. The number of hydrogen-bond acceptors (Lipinski definition) is 2. The van der Waals surface area contributed by atoms with Crippen LogP contribution in [0.3, 0.4) is 0 Å². The molecule has 184 valence electrons. The van der Waals surface area contributed by atoms with Gasteiger partial charge in [-0.1, -0.05) is 91.2 Å². The molecular weight excluding hydrogens is 439 g/mol. The largest absolute Gasteiger partial charge is 0.354 e. The van der Waals surface area contributed by atoms with Gasteiger partial charge in [0.2, 0.25) is 11.8 Å². The summed E-state index contributed by atoms with van der Waals surface area (Å²) >= 11 is 0. The molecule has 0 aromatic heterocycles. The molecular formula is C30H35FN2O2. The van der Waals surface area contributed by atoms with Crippen LogP contribution in [-0.4, -0.2) is 29.3 Å². The second kappa shape index (κ2) is 12.8. The first-order chi connectivity index (χ1) is 16.9. The van der Waals surface area contributed by atoms with Crippen LogP contribution >= 0.6 is 0 Å². The molecule has 1 atom stereocenters. The Kier molecular flexibility index (Phi) is 9.59. The van der Waals surface area contributed by atoms with Crippen LogP contribution in [0.5, 0.6) is 0 Å². The molecule has 3 rings (SSSR count). The van der Waals surface area contributed by atoms with Gasteiger partial charge in [-0.15, -0.1) is 0 Å². The number of halogens is 1. The maximum Gasteiger partial charge on any atom is 0.243 e. The fourth-order valence-corrected chi connectivity index (χ4v) is 4.32. The molecule has 3 aromatic rings. The lowest BCUT2D eigenvalue weighted by Crippen LogP contribution is -2.51. The first kappa shape index (κ1) is 26.1. The Morgan fingerprint density at radius 3 is 2.23 bits per heavy atom. The highest BCUT2D eigenvalue weighted by Crippen LogP contribution is 2.19. The predicted molar refractivity (Wildman–Crippen MR) is 138 cm³/mol. The molecule has 35 heavy (non-hydrogen) atoms. The molecule has 3 aromatic carbocycles. The number of carbonyl (C=O) groups is 2. The smallest absolute Gasteiger partial charge is 0.243 e. The molecule has 0 radical (unpaired) electrons. The highest BCUT2D eigenvalue weighted by Gasteiger charge is 2.30. The third-order valence-corrected chi connectivity index (χ3v) is 6.04. The Bertz CT molecular complexity index is 1110. The van der Waals surface area contributed by atoms with Crippen molar-refractivity contribution in [2.24, 2.45) is 0 Å². The summed E-state index contributed by atoms with van der Waals surface area (Å²) in [6, 6.07) is 21.3. The van der Waals surface area contributed by atoms with E-state index in [1.54, 1.807) is 23.1 Å². The molecule has 0 saturated carbocycles. The van der Waals surface area contributed by atoms with Crippen molar-refractivity contribution in [3.63, 3.8) is 0 Å². The van der Waals surface area contributed by atoms with Gasteiger partial charge in [-0.3, -0.25) is 9.59 Å². The second-order valence-electron chi connectivity index (χ2n) is 9.14. The summed E-state index contributed by atoms with van der Waals surface area (Å²) in [5, 5.41) is 3.00. The van der Waals surface area contributed by atoms with E-state index in [1.807, 2.05) is 56.3 Å². The Balaban J connectivity index is 1.97. The number of aryl methyl sites for hydroxylation is 2. The maximum atomic E-state index is 14.6. The van der Waals surface area contributed by atoms with E-state index in [9.17, 15) is 14.0 Å². The van der Waals surface area contributed by atoms with Gasteiger partial charge in [-0.05, 0) is 37.5 Å². The standard InChI is InChI=1S/C30H35FN2O2/c1-4-5-15-32-30(35)28(19-24-11-7-6-8-12-24)33(21-26-13-9-10-14-27(26)31)29(34)20-25-17-22(2)16-23(3)18-25/h6-14,16-18,28H,4-5,15,19-21H2,1-3H3,(H,32,35)/t28-/m0/s1. The first-order valence-corrected chi connectivity index (χ1v) is 12.3. The molecule has 0 bridgehead atoms. The van der Waals surface area contributed by atoms with Gasteiger partial charge >= 0.3 is 0 Å². The third-order valence-electron chi connectivity index (χ3n) is 6.04. The molecule has 2 amide bonds. The fraction of sp³-hybridized carbons (Fsp3) is 0.333. The van der Waals surface area contributed by atoms with E-state index in [2.05, 4.69) is 18.3 Å². The number of rotatable bonds is 11. The van der Waals surface area contributed by atoms with Gasteiger partial charge in [0.25, 0.3) is 0 Å². The van der Waals surface area contributed by atoms with Crippen LogP contribution in [0.4, 0.5) is 4.39 Å². The lowest BCUT2D eigenvalue weighted by atomic mass is 10.00. The van der Waals surface area contributed by atoms with E-state index in [4.69, 9.17) is 0 Å². The topological polar surface area (TPSA) is 49.4 Å². The van der Waals surface area contributed by atoms with Crippen molar-refractivity contribution in [1.29, 1.82) is 0 Å². The fourth-order valence-electron chi connectivity index (χ4n) is 4.32. The van der Waals surface area contributed by atoms with E-state index < -0.39 is 6.04 Å².